The van der Waals surface area contributed by atoms with Gasteiger partial charge in [0.25, 0.3) is 6.20 Å². The van der Waals surface area contributed by atoms with Gasteiger partial charge in [0.15, 0.2) is 5.82 Å². The zero-order valence-corrected chi connectivity index (χ0v) is 5.00. The number of aromatic nitrogens is 1. The molecule has 0 aliphatic rings. The lowest BCUT2D eigenvalue weighted by Crippen LogP contribution is -2.29. The van der Waals surface area contributed by atoms with Crippen molar-refractivity contribution in [2.45, 2.75) is 6.92 Å². The van der Waals surface area contributed by atoms with E-state index in [1.165, 1.54) is 12.3 Å². The first-order valence-corrected chi connectivity index (χ1v) is 2.57. The smallest absolute Gasteiger partial charge is 0.258 e. The van der Waals surface area contributed by atoms with E-state index in [0.717, 1.165) is 6.20 Å². The Labute approximate surface area is 52.1 Å². The highest BCUT2D eigenvalue weighted by molar-refractivity contribution is 5.06. The summed E-state index contributed by atoms with van der Waals surface area (Å²) in [5.74, 6) is -0.403. The normalized spacial score (nSPS) is 9.56. The molecule has 0 spiro atoms. The molecule has 0 aromatic carbocycles. The molecule has 0 bridgehead atoms. The molecule has 1 rings (SSSR count). The van der Waals surface area contributed by atoms with Gasteiger partial charge in [0.05, 0.1) is 0 Å². The van der Waals surface area contributed by atoms with Gasteiger partial charge in [-0.15, -0.1) is 0 Å². The molecule has 0 fully saturated rings. The molecule has 0 atom stereocenters. The summed E-state index contributed by atoms with van der Waals surface area (Å²) in [6.07, 6.45) is 2.38. The van der Waals surface area contributed by atoms with Crippen LogP contribution in [0.15, 0.2) is 18.5 Å². The number of aryl methyl sites for hydroxylation is 1. The van der Waals surface area contributed by atoms with Gasteiger partial charge >= 0.3 is 0 Å². The third kappa shape index (κ3) is 1.16. The van der Waals surface area contributed by atoms with Gasteiger partial charge < -0.3 is 0 Å². The highest BCUT2D eigenvalue weighted by Crippen LogP contribution is 1.98. The van der Waals surface area contributed by atoms with E-state index >= 15 is 0 Å². The summed E-state index contributed by atoms with van der Waals surface area (Å²) >= 11 is 0. The molecule has 2 nitrogen and oxygen atoms in total. The summed E-state index contributed by atoms with van der Waals surface area (Å²) in [5.41, 5.74) is 0.528. The van der Waals surface area contributed by atoms with Crippen molar-refractivity contribution >= 4 is 0 Å². The first-order valence-electron chi connectivity index (χ1n) is 2.57. The second-order valence-electron chi connectivity index (χ2n) is 1.86. The van der Waals surface area contributed by atoms with Crippen molar-refractivity contribution in [3.8, 4) is 0 Å². The SMILES string of the molecule is Cc1cc[n+](O)cc1F. The molecule has 0 aliphatic heterocycles. The van der Waals surface area contributed by atoms with Crippen molar-refractivity contribution in [3.05, 3.63) is 29.8 Å². The van der Waals surface area contributed by atoms with Crippen LogP contribution in [-0.4, -0.2) is 5.21 Å². The van der Waals surface area contributed by atoms with Crippen LogP contribution < -0.4 is 4.73 Å². The number of pyridine rings is 1. The fraction of sp³-hybridized carbons (Fsp3) is 0.167. The van der Waals surface area contributed by atoms with E-state index in [2.05, 4.69) is 0 Å². The quantitative estimate of drug-likeness (QED) is 0.402. The van der Waals surface area contributed by atoms with Gasteiger partial charge in [-0.1, -0.05) is 0 Å². The molecule has 1 N–H and O–H groups in total. The molecular weight excluding hydrogens is 121 g/mol. The minimum Gasteiger partial charge on any atom is -0.285 e. The van der Waals surface area contributed by atoms with Crippen LogP contribution in [0.5, 0.6) is 0 Å². The lowest BCUT2D eigenvalue weighted by Gasteiger charge is -1.87. The van der Waals surface area contributed by atoms with E-state index in [1.807, 2.05) is 0 Å². The largest absolute Gasteiger partial charge is 0.285 e. The third-order valence-corrected chi connectivity index (χ3v) is 1.10. The fourth-order valence-corrected chi connectivity index (χ4v) is 0.529. The number of nitrogens with zero attached hydrogens (tertiary/aromatic N) is 1. The van der Waals surface area contributed by atoms with Gasteiger partial charge in [0, 0.05) is 10.8 Å². The lowest BCUT2D eigenvalue weighted by atomic mass is 10.3. The van der Waals surface area contributed by atoms with Crippen molar-refractivity contribution in [1.29, 1.82) is 0 Å². The molecule has 48 valence electrons. The fourth-order valence-electron chi connectivity index (χ4n) is 0.529. The first-order chi connectivity index (χ1) is 4.20. The lowest BCUT2D eigenvalue weighted by molar-refractivity contribution is -0.905. The van der Waals surface area contributed by atoms with Gasteiger partial charge in [-0.25, -0.2) is 0 Å². The molecule has 0 saturated heterocycles. The highest BCUT2D eigenvalue weighted by Gasteiger charge is 2.01. The Morgan fingerprint density at radius 1 is 1.67 bits per heavy atom. The Morgan fingerprint density at radius 2 is 2.33 bits per heavy atom. The topological polar surface area (TPSA) is 24.1 Å². The first kappa shape index (κ1) is 6.01. The average Bonchev–Trinajstić information content (AvgIpc) is 1.80. The molecule has 3 heteroatoms. The Balaban J connectivity index is 3.17. The van der Waals surface area contributed by atoms with E-state index in [1.54, 1.807) is 6.92 Å². The molecule has 9 heavy (non-hydrogen) atoms. The Hall–Kier alpha value is -1.12. The maximum atomic E-state index is 12.4. The highest BCUT2D eigenvalue weighted by atomic mass is 19.1. The van der Waals surface area contributed by atoms with E-state index in [4.69, 9.17) is 5.21 Å². The van der Waals surface area contributed by atoms with Crippen LogP contribution in [0.25, 0.3) is 0 Å². The van der Waals surface area contributed by atoms with Crippen LogP contribution in [0.2, 0.25) is 0 Å². The third-order valence-electron chi connectivity index (χ3n) is 1.10. The van der Waals surface area contributed by atoms with Crippen molar-refractivity contribution in [2.75, 3.05) is 0 Å². The summed E-state index contributed by atoms with van der Waals surface area (Å²) in [6, 6.07) is 1.50. The van der Waals surface area contributed by atoms with E-state index in [0.29, 0.717) is 10.3 Å². The van der Waals surface area contributed by atoms with Crippen molar-refractivity contribution in [3.63, 3.8) is 0 Å². The van der Waals surface area contributed by atoms with E-state index in [9.17, 15) is 4.39 Å². The van der Waals surface area contributed by atoms with Crippen molar-refractivity contribution in [2.24, 2.45) is 0 Å². The molecule has 0 amide bonds. The minimum atomic E-state index is -0.403. The molecule has 0 saturated carbocycles. The molecule has 1 aromatic rings. The molecule has 0 unspecified atom stereocenters. The Kier molecular flexibility index (Phi) is 1.34. The van der Waals surface area contributed by atoms with Crippen molar-refractivity contribution in [1.82, 2.24) is 0 Å². The predicted molar refractivity (Wildman–Crippen MR) is 28.5 cm³/mol. The maximum Gasteiger partial charge on any atom is 0.258 e. The summed E-state index contributed by atoms with van der Waals surface area (Å²) in [7, 11) is 0. The number of hydrogen-bond donors (Lipinski definition) is 1. The standard InChI is InChI=1S/C6H7FNO/c1-5-2-3-8(9)4-6(5)7/h2-4,9H,1H3/q+1. The number of halogens is 1. The zero-order valence-electron chi connectivity index (χ0n) is 5.00. The van der Waals surface area contributed by atoms with E-state index in [-0.39, 0.29) is 0 Å². The molecule has 0 radical (unpaired) electrons. The van der Waals surface area contributed by atoms with Gasteiger partial charge in [0.1, 0.15) is 0 Å². The Morgan fingerprint density at radius 3 is 2.78 bits per heavy atom. The summed E-state index contributed by atoms with van der Waals surface area (Å²) in [4.78, 5) is 0. The summed E-state index contributed by atoms with van der Waals surface area (Å²) < 4.78 is 13.1. The minimum absolute atomic E-state index is 0.403. The summed E-state index contributed by atoms with van der Waals surface area (Å²) in [6.45, 7) is 1.63. The van der Waals surface area contributed by atoms with Gasteiger partial charge in [-0.05, 0) is 12.5 Å². The summed E-state index contributed by atoms with van der Waals surface area (Å²) in [5, 5.41) is 8.61. The predicted octanol–water partition coefficient (Wildman–Crippen LogP) is 0.659. The van der Waals surface area contributed by atoms with Gasteiger partial charge in [-0.2, -0.15) is 4.39 Å². The monoisotopic (exact) mass is 128 g/mol. The maximum absolute atomic E-state index is 12.4. The van der Waals surface area contributed by atoms with Gasteiger partial charge in [-0.3, -0.25) is 5.21 Å². The number of hydrogen-bond acceptors (Lipinski definition) is 1. The second kappa shape index (κ2) is 2.01. The van der Waals surface area contributed by atoms with Crippen LogP contribution in [0.3, 0.4) is 0 Å². The van der Waals surface area contributed by atoms with Crippen molar-refractivity contribution < 1.29 is 14.3 Å². The molecule has 1 aromatic heterocycles. The van der Waals surface area contributed by atoms with Crippen LogP contribution in [-0.2, 0) is 0 Å². The van der Waals surface area contributed by atoms with Crippen LogP contribution in [0.4, 0.5) is 4.39 Å². The Bertz CT molecular complexity index is 224. The molecule has 0 aliphatic carbocycles. The second-order valence-corrected chi connectivity index (χ2v) is 1.86. The van der Waals surface area contributed by atoms with Gasteiger partial charge in [0.2, 0.25) is 6.20 Å². The molecular formula is C6H7FNO+. The van der Waals surface area contributed by atoms with Crippen LogP contribution >= 0.6 is 0 Å². The average molecular weight is 128 g/mol. The van der Waals surface area contributed by atoms with Crippen LogP contribution in [0, 0.1) is 12.7 Å². The number of rotatable bonds is 0. The van der Waals surface area contributed by atoms with Crippen LogP contribution in [0.1, 0.15) is 5.56 Å². The van der Waals surface area contributed by atoms with E-state index < -0.39 is 5.82 Å². The molecule has 1 heterocycles. The zero-order chi connectivity index (χ0) is 6.85.